The molecule has 0 aromatic rings. The average Bonchev–Trinajstić information content (AvgIpc) is 2.08. The van der Waals surface area contributed by atoms with E-state index in [1.54, 1.807) is 6.26 Å². The third-order valence-corrected chi connectivity index (χ3v) is 2.63. The van der Waals surface area contributed by atoms with Crippen LogP contribution in [0.2, 0.25) is 0 Å². The van der Waals surface area contributed by atoms with Crippen LogP contribution in [0.1, 0.15) is 0 Å². The van der Waals surface area contributed by atoms with Crippen molar-refractivity contribution in [1.82, 2.24) is 0 Å². The highest BCUT2D eigenvalue weighted by molar-refractivity contribution is 7.99. The summed E-state index contributed by atoms with van der Waals surface area (Å²) in [4.78, 5) is 0. The molecule has 4 N–H and O–H groups in total. The van der Waals surface area contributed by atoms with Crippen LogP contribution in [0.3, 0.4) is 0 Å². The largest absolute Gasteiger partial charge is 0.387 e. The van der Waals surface area contributed by atoms with E-state index < -0.39 is 30.0 Å². The monoisotopic (exact) mass is 196 g/mol. The SMILES string of the molecule is CSC1OC(O)C(O)C(O)C1O. The molecule has 0 aliphatic carbocycles. The second-order valence-electron chi connectivity index (χ2n) is 2.60. The minimum absolute atomic E-state index is 0.696. The Labute approximate surface area is 74.0 Å². The molecule has 72 valence electrons. The van der Waals surface area contributed by atoms with Gasteiger partial charge in [0, 0.05) is 0 Å². The number of ether oxygens (including phenoxy) is 1. The first-order valence-electron chi connectivity index (χ1n) is 3.48. The smallest absolute Gasteiger partial charge is 0.185 e. The number of thioether (sulfide) groups is 1. The summed E-state index contributed by atoms with van der Waals surface area (Å²) in [6, 6.07) is 0. The Morgan fingerprint density at radius 2 is 1.58 bits per heavy atom. The van der Waals surface area contributed by atoms with Crippen LogP contribution in [0.25, 0.3) is 0 Å². The van der Waals surface area contributed by atoms with Crippen LogP contribution in [-0.2, 0) is 4.74 Å². The van der Waals surface area contributed by atoms with Gasteiger partial charge in [-0.25, -0.2) is 0 Å². The Kier molecular flexibility index (Phi) is 3.33. The van der Waals surface area contributed by atoms with Crippen molar-refractivity contribution in [3.05, 3.63) is 0 Å². The highest BCUT2D eigenvalue weighted by atomic mass is 32.2. The molecule has 6 heteroatoms. The standard InChI is InChI=1S/C6H12O5S/c1-12-6-4(9)2(7)3(8)5(10)11-6/h2-10H,1H3. The van der Waals surface area contributed by atoms with Gasteiger partial charge in [-0.2, -0.15) is 0 Å². The fraction of sp³-hybridized carbons (Fsp3) is 1.00. The van der Waals surface area contributed by atoms with Crippen LogP contribution in [0, 0.1) is 0 Å². The first-order valence-corrected chi connectivity index (χ1v) is 4.77. The van der Waals surface area contributed by atoms with E-state index in [1.807, 2.05) is 0 Å². The Morgan fingerprint density at radius 1 is 1.00 bits per heavy atom. The second kappa shape index (κ2) is 3.91. The zero-order valence-electron chi connectivity index (χ0n) is 6.49. The average molecular weight is 196 g/mol. The van der Waals surface area contributed by atoms with Crippen molar-refractivity contribution < 1.29 is 25.2 Å². The Morgan fingerprint density at radius 3 is 2.08 bits per heavy atom. The van der Waals surface area contributed by atoms with Gasteiger partial charge in [0.1, 0.15) is 23.7 Å². The van der Waals surface area contributed by atoms with Crippen molar-refractivity contribution in [2.45, 2.75) is 30.0 Å². The molecule has 0 radical (unpaired) electrons. The van der Waals surface area contributed by atoms with Crippen molar-refractivity contribution in [2.75, 3.05) is 6.26 Å². The van der Waals surface area contributed by atoms with Crippen LogP contribution in [0.4, 0.5) is 0 Å². The molecular weight excluding hydrogens is 184 g/mol. The molecule has 1 heterocycles. The molecule has 0 saturated carbocycles. The molecule has 1 saturated heterocycles. The number of hydrogen-bond acceptors (Lipinski definition) is 6. The number of aliphatic hydroxyl groups is 4. The van der Waals surface area contributed by atoms with Crippen molar-refractivity contribution in [1.29, 1.82) is 0 Å². The fourth-order valence-electron chi connectivity index (χ4n) is 1.03. The van der Waals surface area contributed by atoms with Gasteiger partial charge in [-0.3, -0.25) is 0 Å². The normalized spacial score (nSPS) is 49.2. The lowest BCUT2D eigenvalue weighted by atomic mass is 10.1. The summed E-state index contributed by atoms with van der Waals surface area (Å²) in [6.07, 6.45) is -3.72. The zero-order valence-corrected chi connectivity index (χ0v) is 7.31. The summed E-state index contributed by atoms with van der Waals surface area (Å²) >= 11 is 1.16. The first kappa shape index (κ1) is 10.2. The van der Waals surface area contributed by atoms with Gasteiger partial charge in [-0.05, 0) is 6.26 Å². The summed E-state index contributed by atoms with van der Waals surface area (Å²) in [6.45, 7) is 0. The summed E-state index contributed by atoms with van der Waals surface area (Å²) in [5, 5.41) is 36.5. The van der Waals surface area contributed by atoms with Crippen LogP contribution < -0.4 is 0 Å². The fourth-order valence-corrected chi connectivity index (χ4v) is 1.69. The van der Waals surface area contributed by atoms with E-state index in [1.165, 1.54) is 0 Å². The highest BCUT2D eigenvalue weighted by Gasteiger charge is 2.42. The van der Waals surface area contributed by atoms with E-state index in [-0.39, 0.29) is 0 Å². The Bertz CT molecular complexity index is 150. The van der Waals surface area contributed by atoms with Crippen LogP contribution in [0.5, 0.6) is 0 Å². The number of rotatable bonds is 1. The quantitative estimate of drug-likeness (QED) is 0.392. The molecule has 0 aromatic carbocycles. The van der Waals surface area contributed by atoms with Crippen molar-refractivity contribution in [2.24, 2.45) is 0 Å². The van der Waals surface area contributed by atoms with Gasteiger partial charge in [0.25, 0.3) is 0 Å². The van der Waals surface area contributed by atoms with Gasteiger partial charge >= 0.3 is 0 Å². The van der Waals surface area contributed by atoms with Crippen molar-refractivity contribution in [3.63, 3.8) is 0 Å². The lowest BCUT2D eigenvalue weighted by Crippen LogP contribution is -2.56. The van der Waals surface area contributed by atoms with Crippen molar-refractivity contribution in [3.8, 4) is 0 Å². The number of aliphatic hydroxyl groups excluding tert-OH is 4. The van der Waals surface area contributed by atoms with E-state index in [4.69, 9.17) is 20.1 Å². The third kappa shape index (κ3) is 1.73. The minimum atomic E-state index is -1.44. The molecule has 5 atom stereocenters. The van der Waals surface area contributed by atoms with E-state index >= 15 is 0 Å². The maximum absolute atomic E-state index is 9.26. The maximum atomic E-state index is 9.26. The molecule has 0 amide bonds. The first-order chi connectivity index (χ1) is 5.57. The molecule has 0 bridgehead atoms. The molecule has 5 unspecified atom stereocenters. The molecule has 1 aliphatic rings. The lowest BCUT2D eigenvalue weighted by Gasteiger charge is -2.37. The maximum Gasteiger partial charge on any atom is 0.185 e. The summed E-state index contributed by atoms with van der Waals surface area (Å²) < 4.78 is 4.79. The Balaban J connectivity index is 2.63. The van der Waals surface area contributed by atoms with Gasteiger partial charge in [0.15, 0.2) is 6.29 Å². The lowest BCUT2D eigenvalue weighted by molar-refractivity contribution is -0.261. The molecular formula is C6H12O5S. The van der Waals surface area contributed by atoms with E-state index in [9.17, 15) is 5.11 Å². The Hall–Kier alpha value is 0.150. The molecule has 0 aromatic heterocycles. The third-order valence-electron chi connectivity index (χ3n) is 1.78. The minimum Gasteiger partial charge on any atom is -0.387 e. The van der Waals surface area contributed by atoms with E-state index in [2.05, 4.69) is 0 Å². The highest BCUT2D eigenvalue weighted by Crippen LogP contribution is 2.25. The zero-order chi connectivity index (χ0) is 9.30. The predicted molar refractivity (Wildman–Crippen MR) is 42.4 cm³/mol. The molecule has 1 fully saturated rings. The molecule has 5 nitrogen and oxygen atoms in total. The van der Waals surface area contributed by atoms with Crippen LogP contribution >= 0.6 is 11.8 Å². The van der Waals surface area contributed by atoms with Crippen LogP contribution in [0.15, 0.2) is 0 Å². The van der Waals surface area contributed by atoms with Crippen molar-refractivity contribution >= 4 is 11.8 Å². The number of hydrogen-bond donors (Lipinski definition) is 4. The topological polar surface area (TPSA) is 90.2 Å². The molecule has 0 spiro atoms. The van der Waals surface area contributed by atoms with Gasteiger partial charge in [-0.15, -0.1) is 11.8 Å². The summed E-state index contributed by atoms with van der Waals surface area (Å²) in [5.74, 6) is 0. The summed E-state index contributed by atoms with van der Waals surface area (Å²) in [7, 11) is 0. The molecule has 12 heavy (non-hydrogen) atoms. The van der Waals surface area contributed by atoms with E-state index in [0.717, 1.165) is 11.8 Å². The second-order valence-corrected chi connectivity index (χ2v) is 3.54. The van der Waals surface area contributed by atoms with Gasteiger partial charge in [0.05, 0.1) is 0 Å². The molecule has 1 aliphatic heterocycles. The van der Waals surface area contributed by atoms with E-state index in [0.29, 0.717) is 0 Å². The van der Waals surface area contributed by atoms with Gasteiger partial charge in [0.2, 0.25) is 0 Å². The summed E-state index contributed by atoms with van der Waals surface area (Å²) in [5.41, 5.74) is -0.696. The van der Waals surface area contributed by atoms with Crippen LogP contribution in [-0.4, -0.2) is 56.7 Å². The van der Waals surface area contributed by atoms with Gasteiger partial charge in [-0.1, -0.05) is 0 Å². The van der Waals surface area contributed by atoms with Gasteiger partial charge < -0.3 is 25.2 Å². The molecule has 1 rings (SSSR count). The predicted octanol–water partition coefficient (Wildman–Crippen LogP) is -1.89.